The van der Waals surface area contributed by atoms with E-state index in [0.717, 1.165) is 30.7 Å². The smallest absolute Gasteiger partial charge is 0.337 e. The van der Waals surface area contributed by atoms with Gasteiger partial charge in [-0.15, -0.1) is 10.2 Å². The van der Waals surface area contributed by atoms with Gasteiger partial charge >= 0.3 is 5.63 Å². The number of methoxy groups -OCH3 is 1. The molecule has 7 nitrogen and oxygen atoms in total. The van der Waals surface area contributed by atoms with Gasteiger partial charge < -0.3 is 9.15 Å². The molecule has 2 heterocycles. The second-order valence-corrected chi connectivity index (χ2v) is 7.50. The van der Waals surface area contributed by atoms with Crippen molar-refractivity contribution in [2.24, 2.45) is 0 Å². The molecule has 8 heteroatoms. The average Bonchev–Trinajstić information content (AvgIpc) is 3.15. The number of carbonyl (C=O) groups excluding carboxylic acids is 1. The lowest BCUT2D eigenvalue weighted by molar-refractivity contribution is 0.102. The molecule has 1 N–H and O–H groups in total. The molecule has 0 aliphatic heterocycles. The Morgan fingerprint density at radius 3 is 2.82 bits per heavy atom. The number of fused-ring (bicyclic) bond motifs is 1. The van der Waals surface area contributed by atoms with Crippen molar-refractivity contribution in [3.63, 3.8) is 0 Å². The van der Waals surface area contributed by atoms with Gasteiger partial charge in [0.2, 0.25) is 5.13 Å². The molecule has 1 unspecified atom stereocenters. The quantitative estimate of drug-likeness (QED) is 0.555. The minimum atomic E-state index is -0.602. The van der Waals surface area contributed by atoms with Gasteiger partial charge in [-0.2, -0.15) is 0 Å². The third-order valence-corrected chi connectivity index (χ3v) is 5.61. The standard InChI is InChI=1S/C20H23N3O4S/c1-4-6-7-12(5-2)19-22-23-20(28-19)21-18(25)15-11-17(24)27-16-10-13(26-3)8-9-14(15)16/h8-12H,4-7H2,1-3H3,(H,21,23,25). The minimum absolute atomic E-state index is 0.226. The molecule has 0 spiro atoms. The maximum Gasteiger partial charge on any atom is 0.337 e. The molecule has 0 aliphatic rings. The van der Waals surface area contributed by atoms with Crippen molar-refractivity contribution in [3.8, 4) is 5.75 Å². The van der Waals surface area contributed by atoms with E-state index in [0.29, 0.717) is 27.8 Å². The second-order valence-electron chi connectivity index (χ2n) is 6.49. The predicted molar refractivity (Wildman–Crippen MR) is 109 cm³/mol. The van der Waals surface area contributed by atoms with Gasteiger partial charge in [0.1, 0.15) is 16.3 Å². The molecule has 0 saturated heterocycles. The van der Waals surface area contributed by atoms with Crippen LogP contribution in [-0.2, 0) is 0 Å². The largest absolute Gasteiger partial charge is 0.497 e. The topological polar surface area (TPSA) is 94.3 Å². The number of amides is 1. The summed E-state index contributed by atoms with van der Waals surface area (Å²) in [6, 6.07) is 6.16. The number of carbonyl (C=O) groups is 1. The molecule has 148 valence electrons. The van der Waals surface area contributed by atoms with E-state index < -0.39 is 11.5 Å². The molecule has 0 radical (unpaired) electrons. The summed E-state index contributed by atoms with van der Waals surface area (Å²) >= 11 is 1.38. The summed E-state index contributed by atoms with van der Waals surface area (Å²) in [7, 11) is 1.52. The normalized spacial score (nSPS) is 12.1. The highest BCUT2D eigenvalue weighted by Gasteiger charge is 2.18. The van der Waals surface area contributed by atoms with Gasteiger partial charge in [-0.3, -0.25) is 10.1 Å². The Balaban J connectivity index is 1.85. The van der Waals surface area contributed by atoms with Crippen LogP contribution in [0, 0.1) is 0 Å². The fourth-order valence-electron chi connectivity index (χ4n) is 3.03. The fourth-order valence-corrected chi connectivity index (χ4v) is 3.98. The highest BCUT2D eigenvalue weighted by atomic mass is 32.1. The lowest BCUT2D eigenvalue weighted by Crippen LogP contribution is -2.15. The first-order valence-electron chi connectivity index (χ1n) is 9.32. The van der Waals surface area contributed by atoms with Gasteiger partial charge in [0.05, 0.1) is 12.7 Å². The van der Waals surface area contributed by atoms with E-state index in [2.05, 4.69) is 29.4 Å². The summed E-state index contributed by atoms with van der Waals surface area (Å²) in [6.45, 7) is 4.29. The molecule has 0 bridgehead atoms. The third-order valence-electron chi connectivity index (χ3n) is 4.61. The summed E-state index contributed by atoms with van der Waals surface area (Å²) in [5.41, 5.74) is -0.0845. The Bertz CT molecular complexity index is 1030. The number of rotatable bonds is 8. The van der Waals surface area contributed by atoms with Crippen LogP contribution in [0.4, 0.5) is 5.13 Å². The van der Waals surface area contributed by atoms with Crippen molar-refractivity contribution in [1.29, 1.82) is 0 Å². The molecular weight excluding hydrogens is 378 g/mol. The van der Waals surface area contributed by atoms with E-state index in [4.69, 9.17) is 9.15 Å². The number of hydrogen-bond donors (Lipinski definition) is 1. The van der Waals surface area contributed by atoms with Gasteiger partial charge in [0.15, 0.2) is 0 Å². The number of aromatic nitrogens is 2. The van der Waals surface area contributed by atoms with Crippen molar-refractivity contribution in [2.45, 2.75) is 45.4 Å². The zero-order valence-electron chi connectivity index (χ0n) is 16.2. The highest BCUT2D eigenvalue weighted by molar-refractivity contribution is 7.15. The van der Waals surface area contributed by atoms with Crippen LogP contribution in [0.5, 0.6) is 5.75 Å². The van der Waals surface area contributed by atoms with Gasteiger partial charge in [-0.25, -0.2) is 4.79 Å². The van der Waals surface area contributed by atoms with Crippen molar-refractivity contribution in [1.82, 2.24) is 10.2 Å². The molecule has 3 rings (SSSR count). The SMILES string of the molecule is CCCCC(CC)c1nnc(NC(=O)c2cc(=O)oc3cc(OC)ccc23)s1. The van der Waals surface area contributed by atoms with E-state index in [-0.39, 0.29) is 5.56 Å². The molecule has 3 aromatic rings. The Hall–Kier alpha value is -2.74. The van der Waals surface area contributed by atoms with Crippen LogP contribution >= 0.6 is 11.3 Å². The molecule has 1 aromatic carbocycles. The zero-order valence-corrected chi connectivity index (χ0v) is 17.0. The number of benzene rings is 1. The minimum Gasteiger partial charge on any atom is -0.497 e. The summed E-state index contributed by atoms with van der Waals surface area (Å²) in [5, 5.41) is 13.0. The lowest BCUT2D eigenvalue weighted by Gasteiger charge is -2.09. The van der Waals surface area contributed by atoms with Crippen molar-refractivity contribution < 1.29 is 13.9 Å². The summed E-state index contributed by atoms with van der Waals surface area (Å²) < 4.78 is 10.3. The maximum absolute atomic E-state index is 12.8. The predicted octanol–water partition coefficient (Wildman–Crippen LogP) is 4.59. The van der Waals surface area contributed by atoms with Crippen LogP contribution in [0.1, 0.15) is 60.8 Å². The third kappa shape index (κ3) is 4.39. The van der Waals surface area contributed by atoms with Crippen LogP contribution in [-0.4, -0.2) is 23.2 Å². The Labute approximate surface area is 166 Å². The molecule has 0 fully saturated rings. The molecule has 1 amide bonds. The van der Waals surface area contributed by atoms with Crippen LogP contribution in [0.15, 0.2) is 33.5 Å². The molecule has 0 saturated carbocycles. The number of unbranched alkanes of at least 4 members (excludes halogenated alkanes) is 1. The van der Waals surface area contributed by atoms with E-state index >= 15 is 0 Å². The first-order valence-corrected chi connectivity index (χ1v) is 10.1. The number of nitrogens with zero attached hydrogens (tertiary/aromatic N) is 2. The molecular formula is C20H23N3O4S. The van der Waals surface area contributed by atoms with E-state index in [1.165, 1.54) is 24.5 Å². The Kier molecular flexibility index (Phi) is 6.41. The highest BCUT2D eigenvalue weighted by Crippen LogP contribution is 2.30. The van der Waals surface area contributed by atoms with Gasteiger partial charge in [0.25, 0.3) is 5.91 Å². The number of anilines is 1. The van der Waals surface area contributed by atoms with Crippen molar-refractivity contribution in [2.75, 3.05) is 12.4 Å². The maximum atomic E-state index is 12.8. The van der Waals surface area contributed by atoms with Gasteiger partial charge in [0, 0.05) is 23.4 Å². The van der Waals surface area contributed by atoms with Crippen LogP contribution in [0.25, 0.3) is 11.0 Å². The monoisotopic (exact) mass is 401 g/mol. The van der Waals surface area contributed by atoms with E-state index in [1.807, 2.05) is 0 Å². The first-order chi connectivity index (χ1) is 13.5. The number of hydrogen-bond acceptors (Lipinski definition) is 7. The number of nitrogens with one attached hydrogen (secondary N) is 1. The van der Waals surface area contributed by atoms with E-state index in [9.17, 15) is 9.59 Å². The van der Waals surface area contributed by atoms with Crippen LogP contribution < -0.4 is 15.7 Å². The zero-order chi connectivity index (χ0) is 20.1. The summed E-state index contributed by atoms with van der Waals surface area (Å²) in [4.78, 5) is 24.7. The summed E-state index contributed by atoms with van der Waals surface area (Å²) in [6.07, 6.45) is 4.30. The van der Waals surface area contributed by atoms with Crippen molar-refractivity contribution in [3.05, 3.63) is 45.3 Å². The molecule has 28 heavy (non-hydrogen) atoms. The van der Waals surface area contributed by atoms with Crippen LogP contribution in [0.2, 0.25) is 0 Å². The van der Waals surface area contributed by atoms with Gasteiger partial charge in [-0.1, -0.05) is 38.0 Å². The molecule has 0 aliphatic carbocycles. The average molecular weight is 401 g/mol. The van der Waals surface area contributed by atoms with Gasteiger partial charge in [-0.05, 0) is 25.0 Å². The summed E-state index contributed by atoms with van der Waals surface area (Å²) in [5.74, 6) is 0.465. The Morgan fingerprint density at radius 2 is 2.11 bits per heavy atom. The fraction of sp³-hybridized carbons (Fsp3) is 0.400. The first kappa shape index (κ1) is 20.0. The van der Waals surface area contributed by atoms with Crippen LogP contribution in [0.3, 0.4) is 0 Å². The van der Waals surface area contributed by atoms with E-state index in [1.54, 1.807) is 18.2 Å². The lowest BCUT2D eigenvalue weighted by atomic mass is 10.0. The molecule has 2 aromatic heterocycles. The molecule has 1 atom stereocenters. The second kappa shape index (κ2) is 8.97. The number of ether oxygens (including phenoxy) is 1. The Morgan fingerprint density at radius 1 is 1.29 bits per heavy atom. The van der Waals surface area contributed by atoms with Crippen molar-refractivity contribution >= 4 is 33.3 Å².